The van der Waals surface area contributed by atoms with Crippen LogP contribution in [0.2, 0.25) is 0 Å². The highest BCUT2D eigenvalue weighted by Gasteiger charge is 2.30. The molecule has 2 N–H and O–H groups in total. The number of carbonyl (C=O) groups is 1. The van der Waals surface area contributed by atoms with Gasteiger partial charge < -0.3 is 20.2 Å². The molecule has 2 aliphatic heterocycles. The highest BCUT2D eigenvalue weighted by Crippen LogP contribution is 2.37. The van der Waals surface area contributed by atoms with Crippen molar-refractivity contribution in [2.75, 3.05) is 34.8 Å². The molecule has 0 spiro atoms. The van der Waals surface area contributed by atoms with E-state index in [4.69, 9.17) is 0 Å². The Labute approximate surface area is 209 Å². The number of nitrogens with one attached hydrogen (secondary N) is 1. The molecule has 6 rings (SSSR count). The largest absolute Gasteiger partial charge is 0.391 e. The van der Waals surface area contributed by atoms with Crippen LogP contribution in [0.1, 0.15) is 40.5 Å². The molecule has 0 bridgehead atoms. The fourth-order valence-corrected chi connectivity index (χ4v) is 5.69. The second-order valence-electron chi connectivity index (χ2n) is 8.97. The minimum Gasteiger partial charge on any atom is -0.391 e. The summed E-state index contributed by atoms with van der Waals surface area (Å²) in [6.45, 7) is 1.85. The van der Waals surface area contributed by atoms with E-state index in [9.17, 15) is 18.7 Å². The number of fused-ring (bicyclic) bond motifs is 1. The molecule has 0 saturated carbocycles. The van der Waals surface area contributed by atoms with E-state index < -0.39 is 11.6 Å². The number of anilines is 3. The van der Waals surface area contributed by atoms with Gasteiger partial charge in [0.15, 0.2) is 16.6 Å². The first-order valence-corrected chi connectivity index (χ1v) is 12.5. The summed E-state index contributed by atoms with van der Waals surface area (Å²) >= 11 is 1.26. The molecule has 0 unspecified atom stereocenters. The van der Waals surface area contributed by atoms with Crippen LogP contribution in [0.5, 0.6) is 0 Å². The second-order valence-corrected chi connectivity index (χ2v) is 9.98. The summed E-state index contributed by atoms with van der Waals surface area (Å²) in [7, 11) is 0. The van der Waals surface area contributed by atoms with Crippen molar-refractivity contribution in [3.8, 4) is 0 Å². The molecule has 2 atom stereocenters. The van der Waals surface area contributed by atoms with Crippen LogP contribution in [0.3, 0.4) is 0 Å². The molecule has 4 aromatic rings. The monoisotopic (exact) mass is 511 g/mol. The topological polar surface area (TPSA) is 98.9 Å². The number of rotatable bonds is 5. The van der Waals surface area contributed by atoms with Crippen molar-refractivity contribution in [3.05, 3.63) is 64.8 Å². The van der Waals surface area contributed by atoms with Crippen LogP contribution in [0.4, 0.5) is 25.5 Å². The van der Waals surface area contributed by atoms with E-state index in [-0.39, 0.29) is 18.1 Å². The fourth-order valence-electron chi connectivity index (χ4n) is 4.85. The number of aliphatic hydroxyl groups excluding tert-OH is 1. The fraction of sp³-hybridized carbons (Fsp3) is 0.333. The molecule has 2 fully saturated rings. The Morgan fingerprint density at radius 2 is 2.00 bits per heavy atom. The Hall–Kier alpha value is -3.64. The molecule has 1 amide bonds. The third-order valence-electron chi connectivity index (χ3n) is 6.61. The van der Waals surface area contributed by atoms with Gasteiger partial charge >= 0.3 is 0 Å². The van der Waals surface area contributed by atoms with Crippen molar-refractivity contribution < 1.29 is 18.7 Å². The molecule has 36 heavy (non-hydrogen) atoms. The van der Waals surface area contributed by atoms with E-state index >= 15 is 0 Å². The molecule has 0 radical (unpaired) electrons. The first kappa shape index (κ1) is 22.8. The van der Waals surface area contributed by atoms with Gasteiger partial charge in [-0.3, -0.25) is 4.79 Å². The number of amides is 1. The Balaban J connectivity index is 1.25. The SMILES string of the molecule is O=C(Nc1cnc2ccc(N3CCC[C@@H]3c3cc(F)ccc3F)nn12)c1cnc(N2CC[C@H](O)C2)s1. The van der Waals surface area contributed by atoms with E-state index in [0.29, 0.717) is 65.3 Å². The quantitative estimate of drug-likeness (QED) is 0.422. The van der Waals surface area contributed by atoms with Crippen molar-refractivity contribution in [1.29, 1.82) is 0 Å². The molecule has 12 heteroatoms. The Morgan fingerprint density at radius 1 is 1.11 bits per heavy atom. The van der Waals surface area contributed by atoms with E-state index in [0.717, 1.165) is 18.6 Å². The average molecular weight is 512 g/mol. The summed E-state index contributed by atoms with van der Waals surface area (Å²) in [5.41, 5.74) is 0.845. The van der Waals surface area contributed by atoms with Crippen molar-refractivity contribution in [3.63, 3.8) is 0 Å². The van der Waals surface area contributed by atoms with Crippen LogP contribution >= 0.6 is 11.3 Å². The smallest absolute Gasteiger partial charge is 0.268 e. The van der Waals surface area contributed by atoms with Crippen molar-refractivity contribution >= 4 is 39.7 Å². The zero-order chi connectivity index (χ0) is 24.8. The zero-order valence-corrected chi connectivity index (χ0v) is 20.0. The van der Waals surface area contributed by atoms with Crippen molar-refractivity contribution in [1.82, 2.24) is 19.6 Å². The summed E-state index contributed by atoms with van der Waals surface area (Å²) in [6, 6.07) is 6.74. The molecular weight excluding hydrogens is 488 g/mol. The van der Waals surface area contributed by atoms with Gasteiger partial charge in [0.05, 0.1) is 24.5 Å². The number of halogens is 2. The number of aromatic nitrogens is 4. The lowest BCUT2D eigenvalue weighted by atomic mass is 10.0. The standard InChI is InChI=1S/C24H23F2N7O2S/c25-14-3-4-17(26)16(10-14)18-2-1-8-32(18)21-6-5-20-27-12-22(33(20)30-21)29-23(35)19-11-28-24(36-19)31-9-7-15(34)13-31/h3-6,10-12,15,18,34H,1-2,7-9,13H2,(H,29,35)/t15-,18+/m0/s1. The predicted molar refractivity (Wildman–Crippen MR) is 132 cm³/mol. The van der Waals surface area contributed by atoms with Crippen molar-refractivity contribution in [2.45, 2.75) is 31.4 Å². The van der Waals surface area contributed by atoms with Gasteiger partial charge in [-0.1, -0.05) is 11.3 Å². The summed E-state index contributed by atoms with van der Waals surface area (Å²) in [5.74, 6) is -0.301. The third kappa shape index (κ3) is 4.16. The van der Waals surface area contributed by atoms with Crippen molar-refractivity contribution in [2.24, 2.45) is 0 Å². The first-order valence-electron chi connectivity index (χ1n) is 11.7. The number of hydrogen-bond donors (Lipinski definition) is 2. The van der Waals surface area contributed by atoms with Gasteiger partial charge in [0.1, 0.15) is 22.3 Å². The van der Waals surface area contributed by atoms with Gasteiger partial charge in [-0.05, 0) is 49.6 Å². The lowest BCUT2D eigenvalue weighted by Gasteiger charge is -2.26. The lowest BCUT2D eigenvalue weighted by Crippen LogP contribution is -2.25. The van der Waals surface area contributed by atoms with Crippen LogP contribution in [-0.4, -0.2) is 56.3 Å². The molecule has 5 heterocycles. The molecule has 0 aliphatic carbocycles. The molecule has 3 aromatic heterocycles. The summed E-state index contributed by atoms with van der Waals surface area (Å²) in [6.07, 6.45) is 4.84. The Bertz CT molecular complexity index is 1440. The second kappa shape index (κ2) is 9.10. The van der Waals surface area contributed by atoms with Gasteiger partial charge in [0.25, 0.3) is 5.91 Å². The maximum atomic E-state index is 14.5. The highest BCUT2D eigenvalue weighted by molar-refractivity contribution is 7.17. The maximum absolute atomic E-state index is 14.5. The number of nitrogens with zero attached hydrogens (tertiary/aromatic N) is 6. The number of aliphatic hydroxyl groups is 1. The maximum Gasteiger partial charge on any atom is 0.268 e. The summed E-state index contributed by atoms with van der Waals surface area (Å²) in [5, 5.41) is 18.0. The Kier molecular flexibility index (Phi) is 5.76. The molecule has 9 nitrogen and oxygen atoms in total. The number of imidazole rings is 1. The number of β-amino-alcohol motifs (C(OH)–C–C–N with tert-alkyl or cyclic N) is 1. The van der Waals surface area contributed by atoms with Crippen LogP contribution in [-0.2, 0) is 0 Å². The molecular formula is C24H23F2N7O2S. The van der Waals surface area contributed by atoms with E-state index in [1.165, 1.54) is 34.3 Å². The number of carbonyl (C=O) groups excluding carboxylic acids is 1. The zero-order valence-electron chi connectivity index (χ0n) is 19.1. The third-order valence-corrected chi connectivity index (χ3v) is 7.66. The number of benzene rings is 1. The van der Waals surface area contributed by atoms with Crippen LogP contribution in [0.25, 0.3) is 5.65 Å². The van der Waals surface area contributed by atoms with Gasteiger partial charge in [0.2, 0.25) is 0 Å². The molecule has 1 aromatic carbocycles. The van der Waals surface area contributed by atoms with Gasteiger partial charge in [-0.15, -0.1) is 5.10 Å². The summed E-state index contributed by atoms with van der Waals surface area (Å²) in [4.78, 5) is 25.9. The van der Waals surface area contributed by atoms with Crippen LogP contribution in [0.15, 0.2) is 42.7 Å². The Morgan fingerprint density at radius 3 is 2.83 bits per heavy atom. The lowest BCUT2D eigenvalue weighted by molar-refractivity contribution is 0.102. The number of thiazole rings is 1. The van der Waals surface area contributed by atoms with Gasteiger partial charge in [-0.25, -0.2) is 18.7 Å². The molecule has 2 saturated heterocycles. The first-order chi connectivity index (χ1) is 17.5. The van der Waals surface area contributed by atoms with E-state index in [1.807, 2.05) is 9.80 Å². The molecule has 186 valence electrons. The van der Waals surface area contributed by atoms with Gasteiger partial charge in [-0.2, -0.15) is 4.52 Å². The van der Waals surface area contributed by atoms with Gasteiger partial charge in [0, 0.05) is 25.2 Å². The summed E-state index contributed by atoms with van der Waals surface area (Å²) < 4.78 is 29.9. The average Bonchev–Trinajstić information content (AvgIpc) is 3.67. The molecule has 2 aliphatic rings. The number of hydrogen-bond acceptors (Lipinski definition) is 8. The minimum absolute atomic E-state index is 0.306. The minimum atomic E-state index is -0.478. The van der Waals surface area contributed by atoms with E-state index in [1.54, 1.807) is 12.1 Å². The normalized spacial score (nSPS) is 20.0. The van der Waals surface area contributed by atoms with Crippen LogP contribution in [0, 0.1) is 11.6 Å². The van der Waals surface area contributed by atoms with E-state index in [2.05, 4.69) is 20.4 Å². The predicted octanol–water partition coefficient (Wildman–Crippen LogP) is 3.63. The van der Waals surface area contributed by atoms with Crippen LogP contribution < -0.4 is 15.1 Å². The highest BCUT2D eigenvalue weighted by atomic mass is 32.1.